The molecule has 0 aliphatic rings. The summed E-state index contributed by atoms with van der Waals surface area (Å²) in [6, 6.07) is 5.59. The van der Waals surface area contributed by atoms with Crippen LogP contribution in [-0.2, 0) is 0 Å². The van der Waals surface area contributed by atoms with Gasteiger partial charge in [0, 0.05) is 18.5 Å². The van der Waals surface area contributed by atoms with Gasteiger partial charge < -0.3 is 4.74 Å². The topological polar surface area (TPSA) is 27.1 Å². The first-order valence-corrected chi connectivity index (χ1v) is 6.28. The Kier molecular flexibility index (Phi) is 3.41. The molecule has 0 saturated heterocycles. The van der Waals surface area contributed by atoms with Gasteiger partial charge in [0.1, 0.15) is 5.75 Å². The average Bonchev–Trinajstić information content (AvgIpc) is 2.76. The molecule has 0 radical (unpaired) electrons. The van der Waals surface area contributed by atoms with E-state index in [0.29, 0.717) is 5.02 Å². The van der Waals surface area contributed by atoms with Crippen molar-refractivity contribution in [1.82, 2.24) is 9.55 Å². The van der Waals surface area contributed by atoms with Crippen LogP contribution in [0.15, 0.2) is 35.7 Å². The lowest BCUT2D eigenvalue weighted by molar-refractivity contribution is 0.415. The number of rotatable bonds is 3. The Hall–Kier alpha value is -1.13. The van der Waals surface area contributed by atoms with Crippen molar-refractivity contribution >= 4 is 23.4 Å². The van der Waals surface area contributed by atoms with Crippen LogP contribution in [0.4, 0.5) is 0 Å². The molecule has 0 saturated carbocycles. The van der Waals surface area contributed by atoms with Crippen molar-refractivity contribution in [3.05, 3.63) is 35.6 Å². The van der Waals surface area contributed by atoms with Crippen LogP contribution in [-0.4, -0.2) is 22.9 Å². The van der Waals surface area contributed by atoms with Gasteiger partial charge in [0.25, 0.3) is 0 Å². The van der Waals surface area contributed by atoms with Gasteiger partial charge in [-0.25, -0.2) is 4.98 Å². The highest BCUT2D eigenvalue weighted by Gasteiger charge is 2.08. The molecule has 1 aromatic heterocycles. The minimum absolute atomic E-state index is 0.646. The van der Waals surface area contributed by atoms with Crippen LogP contribution in [0.5, 0.6) is 5.75 Å². The fourth-order valence-electron chi connectivity index (χ4n) is 1.43. The zero-order chi connectivity index (χ0) is 11.5. The molecule has 0 unspecified atom stereocenters. The molecule has 0 fully saturated rings. The normalized spacial score (nSPS) is 10.4. The molecule has 84 valence electrons. The monoisotopic (exact) mass is 254 g/mol. The van der Waals surface area contributed by atoms with E-state index < -0.39 is 0 Å². The smallest absolute Gasteiger partial charge is 0.172 e. The number of benzene rings is 1. The Morgan fingerprint density at radius 1 is 1.44 bits per heavy atom. The molecular formula is C11H11ClN2OS. The minimum atomic E-state index is 0.646. The molecule has 2 aromatic rings. The summed E-state index contributed by atoms with van der Waals surface area (Å²) in [6.07, 6.45) is 5.63. The maximum atomic E-state index is 6.19. The highest BCUT2D eigenvalue weighted by atomic mass is 35.5. The molecule has 1 heterocycles. The van der Waals surface area contributed by atoms with E-state index in [1.807, 2.05) is 29.2 Å². The summed E-state index contributed by atoms with van der Waals surface area (Å²) in [4.78, 5) is 4.23. The molecule has 0 N–H and O–H groups in total. The Bertz CT molecular complexity index is 498. The van der Waals surface area contributed by atoms with Gasteiger partial charge in [-0.3, -0.25) is 4.57 Å². The number of imidazole rings is 1. The van der Waals surface area contributed by atoms with Crippen molar-refractivity contribution in [2.75, 3.05) is 13.4 Å². The summed E-state index contributed by atoms with van der Waals surface area (Å²) in [6.45, 7) is 0. The van der Waals surface area contributed by atoms with E-state index in [9.17, 15) is 0 Å². The number of aromatic nitrogens is 2. The summed E-state index contributed by atoms with van der Waals surface area (Å²) in [5, 5.41) is 1.56. The van der Waals surface area contributed by atoms with Gasteiger partial charge >= 0.3 is 0 Å². The van der Waals surface area contributed by atoms with E-state index >= 15 is 0 Å². The first kappa shape index (κ1) is 11.4. The molecule has 0 atom stereocenters. The molecule has 0 spiro atoms. The fourth-order valence-corrected chi connectivity index (χ4v) is 2.22. The third-order valence-corrected chi connectivity index (χ3v) is 3.17. The minimum Gasteiger partial charge on any atom is -0.497 e. The number of methoxy groups -OCH3 is 1. The van der Waals surface area contributed by atoms with Crippen LogP contribution in [0.2, 0.25) is 5.02 Å². The number of thioether (sulfide) groups is 1. The van der Waals surface area contributed by atoms with Crippen molar-refractivity contribution in [3.8, 4) is 11.4 Å². The first-order valence-electron chi connectivity index (χ1n) is 4.67. The quantitative estimate of drug-likeness (QED) is 0.787. The van der Waals surface area contributed by atoms with Gasteiger partial charge in [-0.15, -0.1) is 0 Å². The molecule has 0 bridgehead atoms. The Balaban J connectivity index is 2.48. The van der Waals surface area contributed by atoms with Gasteiger partial charge in [-0.1, -0.05) is 23.4 Å². The number of halogens is 1. The lowest BCUT2D eigenvalue weighted by atomic mass is 10.3. The molecular weight excluding hydrogens is 244 g/mol. The predicted molar refractivity (Wildman–Crippen MR) is 66.9 cm³/mol. The molecule has 0 aliphatic carbocycles. The van der Waals surface area contributed by atoms with Crippen molar-refractivity contribution in [1.29, 1.82) is 0 Å². The van der Waals surface area contributed by atoms with E-state index in [1.54, 1.807) is 31.1 Å². The SMILES string of the molecule is COc1ccc(-n2ccnc2SC)c(Cl)c1. The van der Waals surface area contributed by atoms with Crippen LogP contribution < -0.4 is 4.74 Å². The zero-order valence-electron chi connectivity index (χ0n) is 8.98. The van der Waals surface area contributed by atoms with E-state index in [0.717, 1.165) is 16.6 Å². The van der Waals surface area contributed by atoms with Crippen LogP contribution in [0.25, 0.3) is 5.69 Å². The van der Waals surface area contributed by atoms with Gasteiger partial charge in [-0.2, -0.15) is 0 Å². The second-order valence-corrected chi connectivity index (χ2v) is 4.28. The number of ether oxygens (including phenoxy) is 1. The summed E-state index contributed by atoms with van der Waals surface area (Å²) in [5.41, 5.74) is 0.907. The second kappa shape index (κ2) is 4.80. The van der Waals surface area contributed by atoms with Gasteiger partial charge in [0.05, 0.1) is 17.8 Å². The zero-order valence-corrected chi connectivity index (χ0v) is 10.5. The van der Waals surface area contributed by atoms with Crippen molar-refractivity contribution < 1.29 is 4.74 Å². The summed E-state index contributed by atoms with van der Waals surface area (Å²) < 4.78 is 7.06. The van der Waals surface area contributed by atoms with E-state index in [1.165, 1.54) is 0 Å². The van der Waals surface area contributed by atoms with Crippen LogP contribution in [0, 0.1) is 0 Å². The van der Waals surface area contributed by atoms with Crippen molar-refractivity contribution in [2.24, 2.45) is 0 Å². The second-order valence-electron chi connectivity index (χ2n) is 3.10. The Morgan fingerprint density at radius 3 is 2.88 bits per heavy atom. The largest absolute Gasteiger partial charge is 0.497 e. The molecule has 0 aliphatic heterocycles. The number of hydrogen-bond acceptors (Lipinski definition) is 3. The number of hydrogen-bond donors (Lipinski definition) is 0. The number of nitrogens with zero attached hydrogens (tertiary/aromatic N) is 2. The Morgan fingerprint density at radius 2 is 2.25 bits per heavy atom. The molecule has 3 nitrogen and oxygen atoms in total. The van der Waals surface area contributed by atoms with Crippen LogP contribution in [0.1, 0.15) is 0 Å². The van der Waals surface area contributed by atoms with Crippen LogP contribution >= 0.6 is 23.4 Å². The average molecular weight is 255 g/mol. The van der Waals surface area contributed by atoms with Gasteiger partial charge in [-0.05, 0) is 18.4 Å². The third-order valence-electron chi connectivity index (χ3n) is 2.20. The maximum Gasteiger partial charge on any atom is 0.172 e. The van der Waals surface area contributed by atoms with E-state index in [-0.39, 0.29) is 0 Å². The van der Waals surface area contributed by atoms with Crippen LogP contribution in [0.3, 0.4) is 0 Å². The first-order chi connectivity index (χ1) is 7.76. The highest BCUT2D eigenvalue weighted by molar-refractivity contribution is 7.98. The maximum absolute atomic E-state index is 6.19. The molecule has 2 rings (SSSR count). The lowest BCUT2D eigenvalue weighted by Gasteiger charge is -2.09. The molecule has 0 amide bonds. The molecule has 5 heteroatoms. The summed E-state index contributed by atoms with van der Waals surface area (Å²) >= 11 is 7.77. The predicted octanol–water partition coefficient (Wildman–Crippen LogP) is 3.26. The van der Waals surface area contributed by atoms with E-state index in [2.05, 4.69) is 4.98 Å². The van der Waals surface area contributed by atoms with E-state index in [4.69, 9.17) is 16.3 Å². The highest BCUT2D eigenvalue weighted by Crippen LogP contribution is 2.28. The molecule has 1 aromatic carbocycles. The van der Waals surface area contributed by atoms with Crippen molar-refractivity contribution in [3.63, 3.8) is 0 Å². The lowest BCUT2D eigenvalue weighted by Crippen LogP contribution is -1.96. The van der Waals surface area contributed by atoms with Gasteiger partial charge in [0.2, 0.25) is 0 Å². The summed E-state index contributed by atoms with van der Waals surface area (Å²) in [7, 11) is 1.62. The standard InChI is InChI=1S/C11H11ClN2OS/c1-15-8-3-4-10(9(12)7-8)14-6-5-13-11(14)16-2/h3-7H,1-2H3. The summed E-state index contributed by atoms with van der Waals surface area (Å²) in [5.74, 6) is 0.750. The Labute approximate surface area is 103 Å². The fraction of sp³-hybridized carbons (Fsp3) is 0.182. The van der Waals surface area contributed by atoms with Crippen molar-refractivity contribution in [2.45, 2.75) is 5.16 Å². The van der Waals surface area contributed by atoms with Gasteiger partial charge in [0.15, 0.2) is 5.16 Å². The molecule has 16 heavy (non-hydrogen) atoms. The third kappa shape index (κ3) is 2.03.